The lowest BCUT2D eigenvalue weighted by Gasteiger charge is -2.20. The molecule has 0 aliphatic heterocycles. The summed E-state index contributed by atoms with van der Waals surface area (Å²) in [5, 5.41) is 11.0. The summed E-state index contributed by atoms with van der Waals surface area (Å²) < 4.78 is 9.35. The van der Waals surface area contributed by atoms with Gasteiger partial charge in [0, 0.05) is 5.92 Å². The smallest absolute Gasteiger partial charge is 0.408 e. The van der Waals surface area contributed by atoms with Crippen LogP contribution in [0.15, 0.2) is 0 Å². The zero-order valence-electron chi connectivity index (χ0n) is 12.6. The van der Waals surface area contributed by atoms with Crippen LogP contribution in [0.1, 0.15) is 33.6 Å². The Balaban J connectivity index is 4.50. The predicted octanol–water partition coefficient (Wildman–Crippen LogP) is 0.734. The van der Waals surface area contributed by atoms with Crippen molar-refractivity contribution in [1.29, 1.82) is 0 Å². The summed E-state index contributed by atoms with van der Waals surface area (Å²) in [4.78, 5) is 45.1. The molecule has 8 heteroatoms. The molecule has 0 spiro atoms. The average Bonchev–Trinajstić information content (AvgIpc) is 2.32. The lowest BCUT2D eigenvalue weighted by Crippen LogP contribution is -2.38. The van der Waals surface area contributed by atoms with E-state index in [9.17, 15) is 19.2 Å². The van der Waals surface area contributed by atoms with Gasteiger partial charge in [0.1, 0.15) is 5.60 Å². The largest absolute Gasteiger partial charge is 0.481 e. The van der Waals surface area contributed by atoms with Gasteiger partial charge < -0.3 is 19.9 Å². The molecule has 0 bridgehead atoms. The number of hydrogen-bond acceptors (Lipinski definition) is 6. The summed E-state index contributed by atoms with van der Waals surface area (Å²) >= 11 is 0. The number of methoxy groups -OCH3 is 1. The molecule has 0 aliphatic carbocycles. The van der Waals surface area contributed by atoms with Crippen molar-refractivity contribution in [2.75, 3.05) is 13.7 Å². The Bertz CT molecular complexity index is 411. The highest BCUT2D eigenvalue weighted by atomic mass is 16.6. The van der Waals surface area contributed by atoms with Crippen molar-refractivity contribution >= 4 is 23.8 Å². The molecule has 0 rings (SSSR count). The lowest BCUT2D eigenvalue weighted by atomic mass is 9.96. The van der Waals surface area contributed by atoms with Crippen molar-refractivity contribution in [3.8, 4) is 0 Å². The third-order valence-electron chi connectivity index (χ3n) is 2.32. The highest BCUT2D eigenvalue weighted by Gasteiger charge is 2.26. The van der Waals surface area contributed by atoms with Crippen LogP contribution in [0.4, 0.5) is 4.79 Å². The number of rotatable bonds is 7. The number of ketones is 1. The molecule has 0 saturated carbocycles. The quantitative estimate of drug-likeness (QED) is 0.665. The van der Waals surface area contributed by atoms with E-state index in [1.165, 1.54) is 0 Å². The first-order valence-electron chi connectivity index (χ1n) is 6.33. The van der Waals surface area contributed by atoms with Gasteiger partial charge in [-0.1, -0.05) is 0 Å². The van der Waals surface area contributed by atoms with Crippen LogP contribution in [0.5, 0.6) is 0 Å². The second-order valence-corrected chi connectivity index (χ2v) is 5.40. The summed E-state index contributed by atoms with van der Waals surface area (Å²) in [6, 6.07) is 0. The van der Waals surface area contributed by atoms with Gasteiger partial charge in [-0.25, -0.2) is 4.79 Å². The molecule has 8 nitrogen and oxygen atoms in total. The van der Waals surface area contributed by atoms with Crippen LogP contribution < -0.4 is 5.32 Å². The SMILES string of the molecule is COC(=O)CC(CC(=O)O)C(=O)CNC(=O)OC(C)(C)C. The van der Waals surface area contributed by atoms with Crippen molar-refractivity contribution in [2.24, 2.45) is 5.92 Å². The van der Waals surface area contributed by atoms with Crippen LogP contribution in [0.3, 0.4) is 0 Å². The minimum absolute atomic E-state index is 0.350. The molecule has 0 aliphatic rings. The van der Waals surface area contributed by atoms with Gasteiger partial charge in [0.25, 0.3) is 0 Å². The molecular weight excluding hydrogens is 282 g/mol. The van der Waals surface area contributed by atoms with Gasteiger partial charge in [0.05, 0.1) is 26.5 Å². The zero-order valence-corrected chi connectivity index (χ0v) is 12.6. The van der Waals surface area contributed by atoms with Crippen molar-refractivity contribution in [1.82, 2.24) is 5.32 Å². The molecule has 0 fully saturated rings. The summed E-state index contributed by atoms with van der Waals surface area (Å²) in [6.07, 6.45) is -1.65. The third kappa shape index (κ3) is 9.42. The van der Waals surface area contributed by atoms with E-state index in [2.05, 4.69) is 10.1 Å². The molecule has 1 atom stereocenters. The van der Waals surface area contributed by atoms with Crippen LogP contribution in [-0.2, 0) is 23.9 Å². The van der Waals surface area contributed by atoms with Gasteiger partial charge in [-0.05, 0) is 20.8 Å². The number of alkyl carbamates (subject to hydrolysis) is 1. The third-order valence-corrected chi connectivity index (χ3v) is 2.32. The molecule has 0 aromatic heterocycles. The maximum Gasteiger partial charge on any atom is 0.408 e. The Kier molecular flexibility index (Phi) is 7.40. The molecule has 1 amide bonds. The molecule has 0 aromatic carbocycles. The number of Topliss-reactive ketones (excluding diaryl/α,β-unsaturated/α-hetero) is 1. The molecule has 0 aromatic rings. The van der Waals surface area contributed by atoms with Gasteiger partial charge >= 0.3 is 18.0 Å². The minimum Gasteiger partial charge on any atom is -0.481 e. The number of carboxylic acids is 1. The van der Waals surface area contributed by atoms with Crippen molar-refractivity contribution in [3.05, 3.63) is 0 Å². The lowest BCUT2D eigenvalue weighted by molar-refractivity contribution is -0.146. The number of carbonyl (C=O) groups excluding carboxylic acids is 3. The predicted molar refractivity (Wildman–Crippen MR) is 71.6 cm³/mol. The van der Waals surface area contributed by atoms with Gasteiger partial charge in [-0.15, -0.1) is 0 Å². The average molecular weight is 303 g/mol. The molecule has 2 N–H and O–H groups in total. The van der Waals surface area contributed by atoms with Gasteiger partial charge in [0.2, 0.25) is 0 Å². The monoisotopic (exact) mass is 303 g/mol. The highest BCUT2D eigenvalue weighted by molar-refractivity contribution is 5.91. The maximum atomic E-state index is 11.9. The Labute approximate surface area is 122 Å². The van der Waals surface area contributed by atoms with E-state index >= 15 is 0 Å². The van der Waals surface area contributed by atoms with Crippen LogP contribution in [0.25, 0.3) is 0 Å². The molecular formula is C13H21NO7. The van der Waals surface area contributed by atoms with Crippen LogP contribution in [-0.4, -0.2) is 48.2 Å². The first-order chi connectivity index (χ1) is 9.55. The van der Waals surface area contributed by atoms with E-state index in [1.807, 2.05) is 0 Å². The fourth-order valence-electron chi connectivity index (χ4n) is 1.41. The fourth-order valence-corrected chi connectivity index (χ4v) is 1.41. The minimum atomic E-state index is -1.21. The number of esters is 1. The Morgan fingerprint density at radius 3 is 2.14 bits per heavy atom. The van der Waals surface area contributed by atoms with Gasteiger partial charge in [0.15, 0.2) is 5.78 Å². The molecule has 0 heterocycles. The van der Waals surface area contributed by atoms with Crippen molar-refractivity contribution < 1.29 is 33.8 Å². The maximum absolute atomic E-state index is 11.9. The number of amides is 1. The Hall–Kier alpha value is -2.12. The van der Waals surface area contributed by atoms with E-state index in [0.717, 1.165) is 7.11 Å². The van der Waals surface area contributed by atoms with E-state index in [-0.39, 0.29) is 6.42 Å². The molecule has 0 saturated heterocycles. The van der Waals surface area contributed by atoms with Crippen molar-refractivity contribution in [3.63, 3.8) is 0 Å². The van der Waals surface area contributed by atoms with E-state index < -0.39 is 48.3 Å². The second kappa shape index (κ2) is 8.23. The Morgan fingerprint density at radius 2 is 1.71 bits per heavy atom. The first kappa shape index (κ1) is 18.9. The van der Waals surface area contributed by atoms with Crippen LogP contribution in [0, 0.1) is 5.92 Å². The van der Waals surface area contributed by atoms with Crippen LogP contribution in [0.2, 0.25) is 0 Å². The standard InChI is InChI=1S/C13H21NO7/c1-13(2,3)21-12(19)14-7-9(15)8(5-10(16)17)6-11(18)20-4/h8H,5-7H2,1-4H3,(H,14,19)(H,16,17). The fraction of sp³-hybridized carbons (Fsp3) is 0.692. The van der Waals surface area contributed by atoms with Crippen molar-refractivity contribution in [2.45, 2.75) is 39.2 Å². The molecule has 120 valence electrons. The summed E-state index contributed by atoms with van der Waals surface area (Å²) in [6.45, 7) is 4.58. The number of carbonyl (C=O) groups is 4. The van der Waals surface area contributed by atoms with E-state index in [4.69, 9.17) is 9.84 Å². The molecule has 21 heavy (non-hydrogen) atoms. The summed E-state index contributed by atoms with van der Waals surface area (Å²) in [7, 11) is 1.14. The number of hydrogen-bond donors (Lipinski definition) is 2. The number of ether oxygens (including phenoxy) is 2. The second-order valence-electron chi connectivity index (χ2n) is 5.40. The summed E-state index contributed by atoms with van der Waals surface area (Å²) in [5.41, 5.74) is -0.709. The van der Waals surface area contributed by atoms with Crippen LogP contribution >= 0.6 is 0 Å². The Morgan fingerprint density at radius 1 is 1.14 bits per heavy atom. The number of nitrogens with one attached hydrogen (secondary N) is 1. The summed E-state index contributed by atoms with van der Waals surface area (Å²) in [5.74, 6) is -3.53. The van der Waals surface area contributed by atoms with Gasteiger partial charge in [-0.2, -0.15) is 0 Å². The zero-order chi connectivity index (χ0) is 16.6. The van der Waals surface area contributed by atoms with E-state index in [1.54, 1.807) is 20.8 Å². The topological polar surface area (TPSA) is 119 Å². The van der Waals surface area contributed by atoms with E-state index in [0.29, 0.717) is 0 Å². The first-order valence-corrected chi connectivity index (χ1v) is 6.33. The van der Waals surface area contributed by atoms with Gasteiger partial charge in [-0.3, -0.25) is 14.4 Å². The molecule has 1 unspecified atom stereocenters. The highest BCUT2D eigenvalue weighted by Crippen LogP contribution is 2.12. The molecule has 0 radical (unpaired) electrons. The number of carboxylic acid groups (broad SMARTS) is 1. The normalized spacial score (nSPS) is 12.2. The number of aliphatic carboxylic acids is 1.